The number of ether oxygens (including phenoxy) is 1. The molecule has 0 aliphatic heterocycles. The van der Waals surface area contributed by atoms with Crippen molar-refractivity contribution in [1.29, 1.82) is 0 Å². The molecule has 0 unspecified atom stereocenters. The highest BCUT2D eigenvalue weighted by atomic mass is 35.5. The summed E-state index contributed by atoms with van der Waals surface area (Å²) in [5, 5.41) is 11.9. The largest absolute Gasteiger partial charge is 0.489 e. The Kier molecular flexibility index (Phi) is 6.73. The van der Waals surface area contributed by atoms with Crippen LogP contribution in [0.2, 0.25) is 5.02 Å². The van der Waals surface area contributed by atoms with Crippen LogP contribution in [0, 0.1) is 5.92 Å². The molecule has 0 spiro atoms. The molecular formula is C20H27ClO2. The van der Waals surface area contributed by atoms with Gasteiger partial charge < -0.3 is 9.84 Å². The summed E-state index contributed by atoms with van der Waals surface area (Å²) in [5.74, 6) is 1.57. The Balaban J connectivity index is 0.000000924. The highest BCUT2D eigenvalue weighted by Gasteiger charge is 2.20. The molecule has 1 saturated carbocycles. The molecule has 3 rings (SSSR count). The summed E-state index contributed by atoms with van der Waals surface area (Å²) in [6, 6.07) is 9.83. The molecule has 0 aromatic heterocycles. The molecule has 2 aromatic carbocycles. The standard InChI is InChI=1S/C18H21ClO2.C2H6/c1-12-2-7-15(8-3-12)21-17-9-6-14-5-4-13(11-20)10-16(14)18(17)19;1-2/h4-6,9-10,12,15,20H,2-3,7-8,11H2,1H3;1-2H3. The summed E-state index contributed by atoms with van der Waals surface area (Å²) in [5.41, 5.74) is 0.869. The highest BCUT2D eigenvalue weighted by Crippen LogP contribution is 2.36. The van der Waals surface area contributed by atoms with E-state index in [1.54, 1.807) is 0 Å². The Hall–Kier alpha value is -1.25. The average molecular weight is 335 g/mol. The monoisotopic (exact) mass is 334 g/mol. The first kappa shape index (κ1) is 18.1. The molecular weight excluding hydrogens is 308 g/mol. The lowest BCUT2D eigenvalue weighted by Gasteiger charge is -2.27. The fourth-order valence-corrected chi connectivity index (χ4v) is 3.30. The lowest BCUT2D eigenvalue weighted by molar-refractivity contribution is 0.136. The number of aliphatic hydroxyl groups is 1. The number of halogens is 1. The molecule has 0 radical (unpaired) electrons. The van der Waals surface area contributed by atoms with Gasteiger partial charge in [0.25, 0.3) is 0 Å². The third-order valence-electron chi connectivity index (χ3n) is 4.42. The van der Waals surface area contributed by atoms with Crippen LogP contribution in [0.3, 0.4) is 0 Å². The summed E-state index contributed by atoms with van der Waals surface area (Å²) >= 11 is 6.51. The van der Waals surface area contributed by atoms with Crippen molar-refractivity contribution in [3.63, 3.8) is 0 Å². The normalized spacial score (nSPS) is 20.7. The molecule has 0 amide bonds. The third-order valence-corrected chi connectivity index (χ3v) is 4.81. The van der Waals surface area contributed by atoms with Gasteiger partial charge in [-0.2, -0.15) is 0 Å². The van der Waals surface area contributed by atoms with Gasteiger partial charge in [-0.05, 0) is 54.7 Å². The Morgan fingerprint density at radius 1 is 1.09 bits per heavy atom. The minimum atomic E-state index is 0.0257. The maximum atomic E-state index is 9.27. The zero-order valence-corrected chi connectivity index (χ0v) is 15.1. The number of hydrogen-bond acceptors (Lipinski definition) is 2. The molecule has 1 aliphatic rings. The van der Waals surface area contributed by atoms with E-state index in [1.165, 1.54) is 12.8 Å². The molecule has 1 aliphatic carbocycles. The molecule has 2 aromatic rings. The number of hydrogen-bond donors (Lipinski definition) is 1. The minimum Gasteiger partial charge on any atom is -0.489 e. The van der Waals surface area contributed by atoms with Crippen LogP contribution in [-0.2, 0) is 6.61 Å². The number of benzene rings is 2. The minimum absolute atomic E-state index is 0.0257. The second kappa shape index (κ2) is 8.56. The van der Waals surface area contributed by atoms with E-state index in [0.29, 0.717) is 5.02 Å². The van der Waals surface area contributed by atoms with Crippen molar-refractivity contribution in [2.75, 3.05) is 0 Å². The van der Waals surface area contributed by atoms with E-state index < -0.39 is 0 Å². The highest BCUT2D eigenvalue weighted by molar-refractivity contribution is 6.37. The Morgan fingerprint density at radius 3 is 2.39 bits per heavy atom. The molecule has 126 valence electrons. The predicted octanol–water partition coefficient (Wildman–Crippen LogP) is 5.97. The van der Waals surface area contributed by atoms with Crippen LogP contribution in [0.15, 0.2) is 30.3 Å². The second-order valence-corrected chi connectivity index (χ2v) is 6.47. The van der Waals surface area contributed by atoms with Crippen LogP contribution >= 0.6 is 11.6 Å². The first-order chi connectivity index (χ1) is 11.2. The van der Waals surface area contributed by atoms with Crippen molar-refractivity contribution in [3.05, 3.63) is 40.9 Å². The fraction of sp³-hybridized carbons (Fsp3) is 0.500. The molecule has 3 heteroatoms. The molecule has 2 nitrogen and oxygen atoms in total. The molecule has 0 bridgehead atoms. The van der Waals surface area contributed by atoms with E-state index in [0.717, 1.165) is 40.8 Å². The Morgan fingerprint density at radius 2 is 1.74 bits per heavy atom. The van der Waals surface area contributed by atoms with Gasteiger partial charge in [-0.25, -0.2) is 0 Å². The van der Waals surface area contributed by atoms with E-state index in [1.807, 2.05) is 44.2 Å². The van der Waals surface area contributed by atoms with Gasteiger partial charge in [0, 0.05) is 5.39 Å². The zero-order chi connectivity index (χ0) is 16.8. The molecule has 0 atom stereocenters. The smallest absolute Gasteiger partial charge is 0.138 e. The molecule has 0 saturated heterocycles. The second-order valence-electron chi connectivity index (χ2n) is 6.09. The van der Waals surface area contributed by atoms with Crippen LogP contribution in [0.5, 0.6) is 5.75 Å². The first-order valence-corrected chi connectivity index (χ1v) is 9.04. The fourth-order valence-electron chi connectivity index (χ4n) is 3.03. The first-order valence-electron chi connectivity index (χ1n) is 8.66. The lowest BCUT2D eigenvalue weighted by Crippen LogP contribution is -2.23. The van der Waals surface area contributed by atoms with Crippen molar-refractivity contribution in [2.24, 2.45) is 5.92 Å². The van der Waals surface area contributed by atoms with Crippen molar-refractivity contribution >= 4 is 22.4 Å². The third kappa shape index (κ3) is 4.39. The van der Waals surface area contributed by atoms with Gasteiger partial charge in [0.15, 0.2) is 0 Å². The van der Waals surface area contributed by atoms with Gasteiger partial charge in [0.2, 0.25) is 0 Å². The number of rotatable bonds is 3. The van der Waals surface area contributed by atoms with E-state index in [-0.39, 0.29) is 12.7 Å². The number of aliphatic hydroxyl groups excluding tert-OH is 1. The van der Waals surface area contributed by atoms with Crippen molar-refractivity contribution < 1.29 is 9.84 Å². The van der Waals surface area contributed by atoms with E-state index >= 15 is 0 Å². The van der Waals surface area contributed by atoms with Gasteiger partial charge in [-0.15, -0.1) is 0 Å². The van der Waals surface area contributed by atoms with Crippen molar-refractivity contribution in [2.45, 2.75) is 59.2 Å². The van der Waals surface area contributed by atoms with Crippen LogP contribution < -0.4 is 4.74 Å². The summed E-state index contributed by atoms with van der Waals surface area (Å²) in [4.78, 5) is 0. The van der Waals surface area contributed by atoms with Gasteiger partial charge in [0.1, 0.15) is 5.75 Å². The Bertz CT molecular complexity index is 631. The lowest BCUT2D eigenvalue weighted by atomic mass is 9.89. The quantitative estimate of drug-likeness (QED) is 0.749. The molecule has 23 heavy (non-hydrogen) atoms. The molecule has 1 N–H and O–H groups in total. The zero-order valence-electron chi connectivity index (χ0n) is 14.3. The Labute approximate surface area is 144 Å². The molecule has 1 fully saturated rings. The summed E-state index contributed by atoms with van der Waals surface area (Å²) in [6.07, 6.45) is 4.94. The van der Waals surface area contributed by atoms with Gasteiger partial charge in [-0.1, -0.05) is 50.6 Å². The van der Waals surface area contributed by atoms with Gasteiger partial charge in [-0.3, -0.25) is 0 Å². The topological polar surface area (TPSA) is 29.5 Å². The van der Waals surface area contributed by atoms with Crippen LogP contribution in [0.1, 0.15) is 52.0 Å². The van der Waals surface area contributed by atoms with Crippen molar-refractivity contribution in [1.82, 2.24) is 0 Å². The SMILES string of the molecule is CC.CC1CCC(Oc2ccc3ccc(CO)cc3c2Cl)CC1. The maximum Gasteiger partial charge on any atom is 0.138 e. The molecule has 0 heterocycles. The van der Waals surface area contributed by atoms with E-state index in [9.17, 15) is 5.11 Å². The average Bonchev–Trinajstić information content (AvgIpc) is 2.61. The summed E-state index contributed by atoms with van der Waals surface area (Å²) in [6.45, 7) is 6.33. The van der Waals surface area contributed by atoms with Crippen LogP contribution in [0.4, 0.5) is 0 Å². The number of fused-ring (bicyclic) bond motifs is 1. The van der Waals surface area contributed by atoms with E-state index in [4.69, 9.17) is 16.3 Å². The van der Waals surface area contributed by atoms with Crippen LogP contribution in [0.25, 0.3) is 10.8 Å². The van der Waals surface area contributed by atoms with Gasteiger partial charge >= 0.3 is 0 Å². The maximum absolute atomic E-state index is 9.27. The van der Waals surface area contributed by atoms with E-state index in [2.05, 4.69) is 6.92 Å². The summed E-state index contributed by atoms with van der Waals surface area (Å²) < 4.78 is 6.12. The van der Waals surface area contributed by atoms with Crippen LogP contribution in [-0.4, -0.2) is 11.2 Å². The van der Waals surface area contributed by atoms with Gasteiger partial charge in [0.05, 0.1) is 17.7 Å². The summed E-state index contributed by atoms with van der Waals surface area (Å²) in [7, 11) is 0. The van der Waals surface area contributed by atoms with Crippen molar-refractivity contribution in [3.8, 4) is 5.75 Å². The predicted molar refractivity (Wildman–Crippen MR) is 98.3 cm³/mol.